The topological polar surface area (TPSA) is 51.6 Å². The predicted molar refractivity (Wildman–Crippen MR) is 78.1 cm³/mol. The molecule has 0 saturated carbocycles. The largest absolute Gasteiger partial charge is 0.252 e. The number of fused-ring (bicyclic) bond motifs is 2. The van der Waals surface area contributed by atoms with Gasteiger partial charge in [0.2, 0.25) is 0 Å². The van der Waals surface area contributed by atoms with E-state index in [-0.39, 0.29) is 0 Å². The lowest BCUT2D eigenvalue weighted by molar-refractivity contribution is 1.22. The van der Waals surface area contributed by atoms with E-state index in [1.807, 2.05) is 42.5 Å². The second-order valence-corrected chi connectivity index (χ2v) is 4.54. The van der Waals surface area contributed by atoms with Crippen LogP contribution in [-0.2, 0) is 0 Å². The van der Waals surface area contributed by atoms with Crippen molar-refractivity contribution in [3.05, 3.63) is 61.2 Å². The lowest BCUT2D eigenvalue weighted by Gasteiger charge is -2.04. The second kappa shape index (κ2) is 4.35. The molecule has 2 aromatic heterocycles. The van der Waals surface area contributed by atoms with Crippen LogP contribution in [0.2, 0.25) is 0 Å². The third-order valence-corrected chi connectivity index (χ3v) is 3.25. The fourth-order valence-electron chi connectivity index (χ4n) is 2.24. The molecule has 4 aromatic rings. The minimum Gasteiger partial charge on any atom is -0.252 e. The smallest absolute Gasteiger partial charge is 0.116 e. The lowest BCUT2D eigenvalue weighted by atomic mass is 10.1. The zero-order chi connectivity index (χ0) is 13.4. The van der Waals surface area contributed by atoms with E-state index in [2.05, 4.69) is 19.9 Å². The van der Waals surface area contributed by atoms with Crippen LogP contribution in [0.3, 0.4) is 0 Å². The van der Waals surface area contributed by atoms with Gasteiger partial charge in [0.05, 0.1) is 28.4 Å². The van der Waals surface area contributed by atoms with Gasteiger partial charge in [-0.1, -0.05) is 18.2 Å². The van der Waals surface area contributed by atoms with Crippen molar-refractivity contribution in [1.82, 2.24) is 19.9 Å². The maximum Gasteiger partial charge on any atom is 0.116 e. The molecule has 0 unspecified atom stereocenters. The zero-order valence-electron chi connectivity index (χ0n) is 10.6. The summed E-state index contributed by atoms with van der Waals surface area (Å²) in [4.78, 5) is 17.4. The average Bonchev–Trinajstić information content (AvgIpc) is 2.54. The van der Waals surface area contributed by atoms with Gasteiger partial charge in [-0.2, -0.15) is 0 Å². The predicted octanol–water partition coefficient (Wildman–Crippen LogP) is 3.24. The van der Waals surface area contributed by atoms with Gasteiger partial charge in [0.1, 0.15) is 6.33 Å². The van der Waals surface area contributed by atoms with Crippen LogP contribution in [-0.4, -0.2) is 19.9 Å². The summed E-state index contributed by atoms with van der Waals surface area (Å²) >= 11 is 0. The fraction of sp³-hybridized carbons (Fsp3) is 0. The van der Waals surface area contributed by atoms with Gasteiger partial charge in [-0.05, 0) is 24.3 Å². The molecule has 0 fully saturated rings. The van der Waals surface area contributed by atoms with Crippen LogP contribution in [0.15, 0.2) is 61.2 Å². The standard InChI is InChI=1S/C16H10N4/c1-2-4-15-14(3-1)18-9-16(20-15)11-5-6-13-12(7-11)8-17-10-19-13/h1-10H. The minimum atomic E-state index is 0.856. The molecule has 0 aliphatic heterocycles. The van der Waals surface area contributed by atoms with Gasteiger partial charge in [0.25, 0.3) is 0 Å². The molecule has 0 atom stereocenters. The van der Waals surface area contributed by atoms with E-state index >= 15 is 0 Å². The Bertz CT molecular complexity index is 841. The minimum absolute atomic E-state index is 0.856. The molecule has 94 valence electrons. The van der Waals surface area contributed by atoms with Crippen LogP contribution < -0.4 is 0 Å². The van der Waals surface area contributed by atoms with Gasteiger partial charge >= 0.3 is 0 Å². The summed E-state index contributed by atoms with van der Waals surface area (Å²) in [5.74, 6) is 0. The first kappa shape index (κ1) is 11.0. The Morgan fingerprint density at radius 2 is 1.65 bits per heavy atom. The Morgan fingerprint density at radius 3 is 2.60 bits per heavy atom. The van der Waals surface area contributed by atoms with Crippen molar-refractivity contribution in [2.45, 2.75) is 0 Å². The van der Waals surface area contributed by atoms with E-state index in [0.717, 1.165) is 33.2 Å². The molecular formula is C16H10N4. The first-order valence-electron chi connectivity index (χ1n) is 6.32. The summed E-state index contributed by atoms with van der Waals surface area (Å²) in [6.45, 7) is 0. The monoisotopic (exact) mass is 258 g/mol. The maximum absolute atomic E-state index is 4.65. The van der Waals surface area contributed by atoms with Crippen molar-refractivity contribution < 1.29 is 0 Å². The van der Waals surface area contributed by atoms with Gasteiger partial charge in [-0.3, -0.25) is 4.98 Å². The van der Waals surface area contributed by atoms with E-state index in [4.69, 9.17) is 0 Å². The van der Waals surface area contributed by atoms with Crippen LogP contribution in [0, 0.1) is 0 Å². The molecule has 0 radical (unpaired) electrons. The summed E-state index contributed by atoms with van der Waals surface area (Å²) in [5.41, 5.74) is 4.60. The van der Waals surface area contributed by atoms with Crippen molar-refractivity contribution in [2.24, 2.45) is 0 Å². The van der Waals surface area contributed by atoms with Crippen LogP contribution >= 0.6 is 0 Å². The summed E-state index contributed by atoms with van der Waals surface area (Å²) in [7, 11) is 0. The Hall–Kier alpha value is -2.88. The van der Waals surface area contributed by atoms with E-state index in [0.29, 0.717) is 0 Å². The quantitative estimate of drug-likeness (QED) is 0.526. The first-order chi connectivity index (χ1) is 9.90. The van der Waals surface area contributed by atoms with Gasteiger partial charge in [-0.15, -0.1) is 0 Å². The summed E-state index contributed by atoms with van der Waals surface area (Å²) in [6, 6.07) is 13.9. The van der Waals surface area contributed by atoms with Crippen molar-refractivity contribution >= 4 is 21.9 Å². The van der Waals surface area contributed by atoms with Crippen molar-refractivity contribution in [1.29, 1.82) is 0 Å². The van der Waals surface area contributed by atoms with Gasteiger partial charge in [0, 0.05) is 17.1 Å². The van der Waals surface area contributed by atoms with E-state index in [9.17, 15) is 0 Å². The number of rotatable bonds is 1. The number of benzene rings is 2. The summed E-state index contributed by atoms with van der Waals surface area (Å²) in [6.07, 6.45) is 5.16. The molecule has 0 spiro atoms. The van der Waals surface area contributed by atoms with E-state index < -0.39 is 0 Å². The second-order valence-electron chi connectivity index (χ2n) is 4.54. The van der Waals surface area contributed by atoms with Crippen LogP contribution in [0.25, 0.3) is 33.2 Å². The van der Waals surface area contributed by atoms with Gasteiger partial charge in [0.15, 0.2) is 0 Å². The molecular weight excluding hydrogens is 248 g/mol. The van der Waals surface area contributed by atoms with Crippen molar-refractivity contribution in [3.63, 3.8) is 0 Å². The lowest BCUT2D eigenvalue weighted by Crippen LogP contribution is -1.89. The third kappa shape index (κ3) is 1.78. The van der Waals surface area contributed by atoms with Crippen LogP contribution in [0.1, 0.15) is 0 Å². The highest BCUT2D eigenvalue weighted by Gasteiger charge is 2.04. The Balaban J connectivity index is 1.91. The Kier molecular flexibility index (Phi) is 2.39. The maximum atomic E-state index is 4.65. The number of nitrogens with zero attached hydrogens (tertiary/aromatic N) is 4. The molecule has 4 nitrogen and oxygen atoms in total. The number of hydrogen-bond acceptors (Lipinski definition) is 4. The first-order valence-corrected chi connectivity index (χ1v) is 6.32. The molecule has 0 N–H and O–H groups in total. The van der Waals surface area contributed by atoms with Gasteiger partial charge in [-0.25, -0.2) is 15.0 Å². The van der Waals surface area contributed by atoms with Crippen molar-refractivity contribution in [3.8, 4) is 11.3 Å². The summed E-state index contributed by atoms with van der Waals surface area (Å²) < 4.78 is 0. The number of aromatic nitrogens is 4. The normalized spacial score (nSPS) is 11.0. The SMILES string of the molecule is c1ccc2nc(-c3ccc4ncncc4c3)cnc2c1. The molecule has 20 heavy (non-hydrogen) atoms. The fourth-order valence-corrected chi connectivity index (χ4v) is 2.24. The third-order valence-electron chi connectivity index (χ3n) is 3.25. The van der Waals surface area contributed by atoms with E-state index in [1.54, 1.807) is 18.7 Å². The highest BCUT2D eigenvalue weighted by Crippen LogP contribution is 2.22. The molecule has 0 saturated heterocycles. The van der Waals surface area contributed by atoms with Crippen LogP contribution in [0.4, 0.5) is 0 Å². The van der Waals surface area contributed by atoms with E-state index in [1.165, 1.54) is 0 Å². The molecule has 0 bridgehead atoms. The van der Waals surface area contributed by atoms with Crippen LogP contribution in [0.5, 0.6) is 0 Å². The van der Waals surface area contributed by atoms with Crippen molar-refractivity contribution in [2.75, 3.05) is 0 Å². The Morgan fingerprint density at radius 1 is 0.750 bits per heavy atom. The molecule has 0 amide bonds. The molecule has 4 heteroatoms. The average molecular weight is 258 g/mol. The number of hydrogen-bond donors (Lipinski definition) is 0. The van der Waals surface area contributed by atoms with Gasteiger partial charge < -0.3 is 0 Å². The molecule has 2 heterocycles. The molecule has 4 rings (SSSR count). The highest BCUT2D eigenvalue weighted by molar-refractivity contribution is 5.84. The molecule has 0 aliphatic carbocycles. The Labute approximate surface area is 115 Å². The highest BCUT2D eigenvalue weighted by atomic mass is 14.8. The zero-order valence-corrected chi connectivity index (χ0v) is 10.6. The summed E-state index contributed by atoms with van der Waals surface area (Å²) in [5, 5.41) is 1.000. The number of para-hydroxylation sites is 2. The molecule has 0 aliphatic rings. The molecule has 2 aromatic carbocycles.